The molecule has 266 valence electrons. The molecule has 4 unspecified atom stereocenters. The highest BCUT2D eigenvalue weighted by Crippen LogP contribution is 2.17. The lowest BCUT2D eigenvalue weighted by molar-refractivity contribution is -0.146. The lowest BCUT2D eigenvalue weighted by atomic mass is 9.97. The Labute approximate surface area is 278 Å². The van der Waals surface area contributed by atoms with E-state index in [0.717, 1.165) is 22.6 Å². The minimum absolute atomic E-state index is 0.318. The monoisotopic (exact) mass is 665 g/mol. The SMILES string of the molecule is C/C=C(\C)CC(C)CC/C=C(\C)C(=O)OCC(=O)NC(C)C(=O)N(C)CC(=O)N(C)CC(=O)NC(C(=O)N[C@H](C)C(=O)O)C(C)CC. The van der Waals surface area contributed by atoms with Gasteiger partial charge in [-0.25, -0.2) is 4.79 Å². The van der Waals surface area contributed by atoms with Gasteiger partial charge in [-0.05, 0) is 65.7 Å². The largest absolute Gasteiger partial charge is 0.480 e. The van der Waals surface area contributed by atoms with E-state index in [1.807, 2.05) is 13.8 Å². The van der Waals surface area contributed by atoms with Crippen LogP contribution >= 0.6 is 0 Å². The number of rotatable bonds is 20. The van der Waals surface area contributed by atoms with E-state index in [9.17, 15) is 33.6 Å². The van der Waals surface area contributed by atoms with Crippen LogP contribution in [-0.4, -0.2) is 108 Å². The Morgan fingerprint density at radius 1 is 0.851 bits per heavy atom. The lowest BCUT2D eigenvalue weighted by Gasteiger charge is -2.27. The maximum absolute atomic E-state index is 12.8. The molecule has 0 bridgehead atoms. The highest BCUT2D eigenvalue weighted by molar-refractivity contribution is 5.94. The molecule has 0 radical (unpaired) electrons. The topological polar surface area (TPSA) is 192 Å². The van der Waals surface area contributed by atoms with Crippen molar-refractivity contribution in [3.63, 3.8) is 0 Å². The van der Waals surface area contributed by atoms with Crippen LogP contribution in [0.1, 0.15) is 81.1 Å². The Morgan fingerprint density at radius 3 is 2.02 bits per heavy atom. The number of esters is 1. The molecule has 4 N–H and O–H groups in total. The van der Waals surface area contributed by atoms with Gasteiger partial charge in [0.25, 0.3) is 5.91 Å². The molecule has 0 spiro atoms. The number of aliphatic carboxylic acids is 1. The Bertz CT molecular complexity index is 1180. The van der Waals surface area contributed by atoms with Crippen LogP contribution in [0.5, 0.6) is 0 Å². The number of ether oxygens (including phenoxy) is 1. The molecule has 0 aromatic heterocycles. The molecule has 0 aliphatic carbocycles. The number of carbonyl (C=O) groups is 7. The Hall–Kier alpha value is -4.23. The number of likely N-dealkylation sites (N-methyl/N-ethyl adjacent to an activating group) is 2. The number of nitrogens with zero attached hydrogens (tertiary/aromatic N) is 2. The van der Waals surface area contributed by atoms with Gasteiger partial charge in [-0.2, -0.15) is 0 Å². The van der Waals surface area contributed by atoms with Gasteiger partial charge in [0.15, 0.2) is 6.61 Å². The number of hydrogen-bond acceptors (Lipinski definition) is 8. The fourth-order valence-electron chi connectivity index (χ4n) is 4.35. The van der Waals surface area contributed by atoms with Gasteiger partial charge in [0.1, 0.15) is 18.1 Å². The first-order valence-corrected chi connectivity index (χ1v) is 15.9. The van der Waals surface area contributed by atoms with E-state index < -0.39 is 79.3 Å². The molecule has 14 heteroatoms. The molecule has 47 heavy (non-hydrogen) atoms. The van der Waals surface area contributed by atoms with Crippen molar-refractivity contribution in [3.05, 3.63) is 23.3 Å². The summed E-state index contributed by atoms with van der Waals surface area (Å²) in [6.45, 7) is 12.7. The van der Waals surface area contributed by atoms with Gasteiger partial charge in [0.2, 0.25) is 23.6 Å². The van der Waals surface area contributed by atoms with Gasteiger partial charge < -0.3 is 35.6 Å². The second-order valence-electron chi connectivity index (χ2n) is 12.2. The van der Waals surface area contributed by atoms with Crippen LogP contribution in [-0.2, 0) is 38.3 Å². The standard InChI is InChI=1S/C33H55N5O9/c1-11-20(3)16-21(4)14-13-15-23(6)33(46)47-19-27(40)34-24(7)31(43)38(10)18-28(41)37(9)17-26(39)36-29(22(5)12-2)30(42)35-25(8)32(44)45/h11,15,21-22,24-25,29H,12-14,16-19H2,1-10H3,(H,34,40)(H,35,42)(H,36,39)(H,44,45)/b20-11+,23-15+/t21?,22?,24?,25-,29?/m1/s1. The first kappa shape index (κ1) is 42.8. The van der Waals surface area contributed by atoms with Crippen molar-refractivity contribution in [2.24, 2.45) is 11.8 Å². The zero-order valence-corrected chi connectivity index (χ0v) is 29.6. The molecule has 0 aromatic rings. The third kappa shape index (κ3) is 16.8. The average molecular weight is 666 g/mol. The molecule has 0 heterocycles. The van der Waals surface area contributed by atoms with Crippen molar-refractivity contribution in [1.29, 1.82) is 0 Å². The van der Waals surface area contributed by atoms with Crippen LogP contribution < -0.4 is 16.0 Å². The summed E-state index contributed by atoms with van der Waals surface area (Å²) in [5.41, 5.74) is 1.70. The maximum atomic E-state index is 12.8. The van der Waals surface area contributed by atoms with Crippen molar-refractivity contribution in [2.45, 2.75) is 99.2 Å². The molecule has 0 saturated carbocycles. The third-order valence-electron chi connectivity index (χ3n) is 7.77. The van der Waals surface area contributed by atoms with Crippen LogP contribution in [0.15, 0.2) is 23.3 Å². The Kier molecular flexibility index (Phi) is 19.6. The first-order chi connectivity index (χ1) is 21.8. The number of amides is 5. The fourth-order valence-corrected chi connectivity index (χ4v) is 4.35. The zero-order chi connectivity index (χ0) is 36.4. The van der Waals surface area contributed by atoms with E-state index in [1.54, 1.807) is 19.9 Å². The van der Waals surface area contributed by atoms with E-state index in [1.165, 1.54) is 33.5 Å². The van der Waals surface area contributed by atoms with E-state index in [0.29, 0.717) is 24.3 Å². The number of carboxylic acid groups (broad SMARTS) is 1. The number of allylic oxidation sites excluding steroid dienone is 3. The third-order valence-corrected chi connectivity index (χ3v) is 7.77. The van der Waals surface area contributed by atoms with Crippen molar-refractivity contribution >= 4 is 41.5 Å². The summed E-state index contributed by atoms with van der Waals surface area (Å²) in [6.07, 6.45) is 6.98. The minimum atomic E-state index is -1.22. The quantitative estimate of drug-likeness (QED) is 0.0853. The summed E-state index contributed by atoms with van der Waals surface area (Å²) in [6, 6.07) is -3.20. The molecule has 5 atom stereocenters. The van der Waals surface area contributed by atoms with Gasteiger partial charge in [0.05, 0.1) is 13.1 Å². The van der Waals surface area contributed by atoms with E-state index in [-0.39, 0.29) is 5.92 Å². The predicted octanol–water partition coefficient (Wildman–Crippen LogP) is 1.79. The highest BCUT2D eigenvalue weighted by Gasteiger charge is 2.29. The van der Waals surface area contributed by atoms with Gasteiger partial charge in [-0.1, -0.05) is 44.9 Å². The molecule has 5 amide bonds. The summed E-state index contributed by atoms with van der Waals surface area (Å²) >= 11 is 0. The molecule has 0 saturated heterocycles. The van der Waals surface area contributed by atoms with E-state index in [2.05, 4.69) is 35.9 Å². The second kappa shape index (κ2) is 21.5. The molecule has 0 aliphatic heterocycles. The molecular weight excluding hydrogens is 610 g/mol. The van der Waals surface area contributed by atoms with Crippen LogP contribution in [0, 0.1) is 11.8 Å². The van der Waals surface area contributed by atoms with Crippen LogP contribution in [0.3, 0.4) is 0 Å². The number of hydrogen-bond donors (Lipinski definition) is 4. The van der Waals surface area contributed by atoms with Crippen LogP contribution in [0.4, 0.5) is 0 Å². The molecule has 0 fully saturated rings. The molecule has 14 nitrogen and oxygen atoms in total. The van der Waals surface area contributed by atoms with Gasteiger partial charge in [-0.3, -0.25) is 28.8 Å². The highest BCUT2D eigenvalue weighted by atomic mass is 16.5. The predicted molar refractivity (Wildman–Crippen MR) is 177 cm³/mol. The average Bonchev–Trinajstić information content (AvgIpc) is 3.00. The molecule has 0 rings (SSSR count). The number of carbonyl (C=O) groups excluding carboxylic acids is 6. The van der Waals surface area contributed by atoms with Crippen LogP contribution in [0.2, 0.25) is 0 Å². The molecule has 0 aromatic carbocycles. The number of nitrogens with one attached hydrogen (secondary N) is 3. The minimum Gasteiger partial charge on any atom is -0.480 e. The smallest absolute Gasteiger partial charge is 0.333 e. The Balaban J connectivity index is 4.85. The normalized spacial score (nSPS) is 14.9. The maximum Gasteiger partial charge on any atom is 0.333 e. The summed E-state index contributed by atoms with van der Waals surface area (Å²) in [7, 11) is 2.71. The van der Waals surface area contributed by atoms with E-state index in [4.69, 9.17) is 9.84 Å². The van der Waals surface area contributed by atoms with Gasteiger partial charge in [0, 0.05) is 19.7 Å². The first-order valence-electron chi connectivity index (χ1n) is 15.9. The molecular formula is C33H55N5O9. The summed E-state index contributed by atoms with van der Waals surface area (Å²) in [5.74, 6) is -4.86. The summed E-state index contributed by atoms with van der Waals surface area (Å²) in [5, 5.41) is 16.4. The van der Waals surface area contributed by atoms with Crippen molar-refractivity contribution in [1.82, 2.24) is 25.8 Å². The van der Waals surface area contributed by atoms with Gasteiger partial charge >= 0.3 is 11.9 Å². The fraction of sp³-hybridized carbons (Fsp3) is 0.667. The second-order valence-corrected chi connectivity index (χ2v) is 12.2. The zero-order valence-electron chi connectivity index (χ0n) is 29.6. The summed E-state index contributed by atoms with van der Waals surface area (Å²) in [4.78, 5) is 88.7. The molecule has 0 aliphatic rings. The van der Waals surface area contributed by atoms with Crippen molar-refractivity contribution < 1.29 is 43.4 Å². The lowest BCUT2D eigenvalue weighted by Crippen LogP contribution is -2.55. The van der Waals surface area contributed by atoms with Crippen molar-refractivity contribution in [3.8, 4) is 0 Å². The van der Waals surface area contributed by atoms with Crippen LogP contribution in [0.25, 0.3) is 0 Å². The van der Waals surface area contributed by atoms with Crippen molar-refractivity contribution in [2.75, 3.05) is 33.8 Å². The number of carboxylic acids is 1. The Morgan fingerprint density at radius 2 is 1.47 bits per heavy atom. The summed E-state index contributed by atoms with van der Waals surface area (Å²) < 4.78 is 5.07. The van der Waals surface area contributed by atoms with Gasteiger partial charge in [-0.15, -0.1) is 0 Å². The van der Waals surface area contributed by atoms with E-state index >= 15 is 0 Å².